The van der Waals surface area contributed by atoms with Crippen molar-refractivity contribution in [1.82, 2.24) is 15.4 Å². The quantitative estimate of drug-likeness (QED) is 0.551. The fourth-order valence-corrected chi connectivity index (χ4v) is 3.73. The number of carbonyl (C=O) groups is 2. The van der Waals surface area contributed by atoms with Crippen molar-refractivity contribution in [3.8, 4) is 5.75 Å². The predicted octanol–water partition coefficient (Wildman–Crippen LogP) is 3.20. The van der Waals surface area contributed by atoms with Gasteiger partial charge in [-0.1, -0.05) is 29.4 Å². The van der Waals surface area contributed by atoms with Crippen LogP contribution in [0.2, 0.25) is 0 Å². The Morgan fingerprint density at radius 2 is 1.68 bits per heavy atom. The first-order chi connectivity index (χ1) is 16.5. The van der Waals surface area contributed by atoms with Crippen molar-refractivity contribution in [3.05, 3.63) is 82.2 Å². The van der Waals surface area contributed by atoms with E-state index >= 15 is 0 Å². The largest absolute Gasteiger partial charge is 0.489 e. The summed E-state index contributed by atoms with van der Waals surface area (Å²) in [5.41, 5.74) is 4.25. The standard InChI is InChI=1S/C26H29N3O5/c1-18-24(19(2)34-28-18)17-33-23-9-5-20(6-10-23)15-25(30)27-16-21-3-7-22(8-4-21)26(31)29-11-13-32-14-12-29/h3-10H,11-17H2,1-2H3,(H,27,30). The molecule has 0 bridgehead atoms. The first kappa shape index (κ1) is 23.5. The number of rotatable bonds is 8. The second kappa shape index (κ2) is 11.0. The van der Waals surface area contributed by atoms with E-state index in [-0.39, 0.29) is 18.2 Å². The number of ether oxygens (including phenoxy) is 2. The number of amides is 2. The van der Waals surface area contributed by atoms with Crippen LogP contribution in [0.4, 0.5) is 0 Å². The van der Waals surface area contributed by atoms with E-state index in [1.807, 2.05) is 50.2 Å². The number of aromatic nitrogens is 1. The van der Waals surface area contributed by atoms with Crippen LogP contribution in [0.3, 0.4) is 0 Å². The lowest BCUT2D eigenvalue weighted by molar-refractivity contribution is -0.120. The number of hydrogen-bond acceptors (Lipinski definition) is 6. The molecule has 0 spiro atoms. The second-order valence-corrected chi connectivity index (χ2v) is 8.29. The van der Waals surface area contributed by atoms with Crippen LogP contribution in [-0.4, -0.2) is 48.2 Å². The smallest absolute Gasteiger partial charge is 0.254 e. The van der Waals surface area contributed by atoms with E-state index in [0.717, 1.165) is 33.9 Å². The maximum atomic E-state index is 12.5. The number of aryl methyl sites for hydroxylation is 2. The van der Waals surface area contributed by atoms with Gasteiger partial charge in [0.25, 0.3) is 5.91 Å². The third-order valence-electron chi connectivity index (χ3n) is 5.84. The summed E-state index contributed by atoms with van der Waals surface area (Å²) in [5.74, 6) is 1.41. The average Bonchev–Trinajstić information content (AvgIpc) is 3.19. The molecule has 0 radical (unpaired) electrons. The Morgan fingerprint density at radius 1 is 1.00 bits per heavy atom. The Kier molecular flexibility index (Phi) is 7.59. The lowest BCUT2D eigenvalue weighted by Crippen LogP contribution is -2.40. The van der Waals surface area contributed by atoms with Crippen molar-refractivity contribution in [3.63, 3.8) is 0 Å². The van der Waals surface area contributed by atoms with Crippen molar-refractivity contribution in [2.75, 3.05) is 26.3 Å². The van der Waals surface area contributed by atoms with Gasteiger partial charge < -0.3 is 24.2 Å². The minimum atomic E-state index is -0.0714. The highest BCUT2D eigenvalue weighted by Crippen LogP contribution is 2.18. The van der Waals surface area contributed by atoms with Gasteiger partial charge in [-0.2, -0.15) is 0 Å². The molecule has 178 valence electrons. The second-order valence-electron chi connectivity index (χ2n) is 8.29. The van der Waals surface area contributed by atoms with Gasteiger partial charge in [-0.05, 0) is 49.2 Å². The van der Waals surface area contributed by atoms with E-state index in [4.69, 9.17) is 14.0 Å². The summed E-state index contributed by atoms with van der Waals surface area (Å²) in [7, 11) is 0. The molecular formula is C26H29N3O5. The molecule has 0 aliphatic carbocycles. The maximum absolute atomic E-state index is 12.5. The first-order valence-electron chi connectivity index (χ1n) is 11.4. The molecule has 4 rings (SSSR count). The van der Waals surface area contributed by atoms with Crippen molar-refractivity contribution in [2.45, 2.75) is 33.4 Å². The molecule has 1 saturated heterocycles. The summed E-state index contributed by atoms with van der Waals surface area (Å²) in [4.78, 5) is 26.7. The van der Waals surface area contributed by atoms with Gasteiger partial charge >= 0.3 is 0 Å². The van der Waals surface area contributed by atoms with Gasteiger partial charge in [0.2, 0.25) is 5.91 Å². The van der Waals surface area contributed by atoms with Crippen LogP contribution in [-0.2, 0) is 29.1 Å². The summed E-state index contributed by atoms with van der Waals surface area (Å²) in [6.45, 7) is 6.93. The summed E-state index contributed by atoms with van der Waals surface area (Å²) in [5, 5.41) is 6.86. The molecule has 2 amide bonds. The monoisotopic (exact) mass is 463 g/mol. The molecule has 1 aromatic heterocycles. The van der Waals surface area contributed by atoms with Gasteiger partial charge in [0.1, 0.15) is 18.1 Å². The topological polar surface area (TPSA) is 93.9 Å². The zero-order valence-corrected chi connectivity index (χ0v) is 19.5. The third-order valence-corrected chi connectivity index (χ3v) is 5.84. The van der Waals surface area contributed by atoms with Crippen molar-refractivity contribution >= 4 is 11.8 Å². The van der Waals surface area contributed by atoms with Crippen LogP contribution in [0.5, 0.6) is 5.75 Å². The molecule has 2 heterocycles. The molecule has 2 aromatic carbocycles. The third kappa shape index (κ3) is 6.02. The van der Waals surface area contributed by atoms with Crippen molar-refractivity contribution in [1.29, 1.82) is 0 Å². The Balaban J connectivity index is 1.22. The zero-order valence-electron chi connectivity index (χ0n) is 19.5. The molecule has 34 heavy (non-hydrogen) atoms. The average molecular weight is 464 g/mol. The minimum Gasteiger partial charge on any atom is -0.489 e. The van der Waals surface area contributed by atoms with Crippen LogP contribution < -0.4 is 10.1 Å². The molecule has 1 N–H and O–H groups in total. The number of benzene rings is 2. The molecule has 8 heteroatoms. The summed E-state index contributed by atoms with van der Waals surface area (Å²) >= 11 is 0. The van der Waals surface area contributed by atoms with E-state index in [1.54, 1.807) is 17.0 Å². The molecule has 8 nitrogen and oxygen atoms in total. The first-order valence-corrected chi connectivity index (χ1v) is 11.4. The van der Waals surface area contributed by atoms with Crippen LogP contribution in [0, 0.1) is 13.8 Å². The normalized spacial score (nSPS) is 13.5. The highest BCUT2D eigenvalue weighted by Gasteiger charge is 2.18. The van der Waals surface area contributed by atoms with Gasteiger partial charge in [0.05, 0.1) is 30.9 Å². The zero-order chi connectivity index (χ0) is 23.9. The van der Waals surface area contributed by atoms with Crippen LogP contribution in [0.15, 0.2) is 53.1 Å². The lowest BCUT2D eigenvalue weighted by Gasteiger charge is -2.26. The van der Waals surface area contributed by atoms with Crippen LogP contribution in [0.25, 0.3) is 0 Å². The Morgan fingerprint density at radius 3 is 2.32 bits per heavy atom. The van der Waals surface area contributed by atoms with Crippen LogP contribution >= 0.6 is 0 Å². The molecule has 0 atom stereocenters. The summed E-state index contributed by atoms with van der Waals surface area (Å²) in [6.07, 6.45) is 0.276. The van der Waals surface area contributed by atoms with Crippen molar-refractivity contribution < 1.29 is 23.6 Å². The minimum absolute atomic E-state index is 0.0120. The van der Waals surface area contributed by atoms with E-state index in [0.29, 0.717) is 45.0 Å². The number of carbonyl (C=O) groups excluding carboxylic acids is 2. The number of hydrogen-bond donors (Lipinski definition) is 1. The highest BCUT2D eigenvalue weighted by molar-refractivity contribution is 5.94. The Bertz CT molecular complexity index is 1100. The summed E-state index contributed by atoms with van der Waals surface area (Å²) < 4.78 is 16.3. The number of nitrogens with one attached hydrogen (secondary N) is 1. The summed E-state index contributed by atoms with van der Waals surface area (Å²) in [6, 6.07) is 14.8. The Labute approximate surface area is 198 Å². The molecule has 0 unspecified atom stereocenters. The van der Waals surface area contributed by atoms with Gasteiger partial charge in [0, 0.05) is 25.2 Å². The van der Waals surface area contributed by atoms with E-state index in [2.05, 4.69) is 10.5 Å². The van der Waals surface area contributed by atoms with Crippen LogP contribution in [0.1, 0.15) is 38.5 Å². The van der Waals surface area contributed by atoms with Gasteiger partial charge in [-0.3, -0.25) is 9.59 Å². The van der Waals surface area contributed by atoms with Gasteiger partial charge in [-0.25, -0.2) is 0 Å². The molecule has 1 aliphatic heterocycles. The van der Waals surface area contributed by atoms with Gasteiger partial charge in [-0.15, -0.1) is 0 Å². The fourth-order valence-electron chi connectivity index (χ4n) is 3.73. The van der Waals surface area contributed by atoms with E-state index in [1.165, 1.54) is 0 Å². The maximum Gasteiger partial charge on any atom is 0.254 e. The van der Waals surface area contributed by atoms with E-state index in [9.17, 15) is 9.59 Å². The molecule has 1 aliphatic rings. The lowest BCUT2D eigenvalue weighted by atomic mass is 10.1. The highest BCUT2D eigenvalue weighted by atomic mass is 16.5. The van der Waals surface area contributed by atoms with Gasteiger partial charge in [0.15, 0.2) is 0 Å². The van der Waals surface area contributed by atoms with E-state index < -0.39 is 0 Å². The Hall–Kier alpha value is -3.65. The number of nitrogens with zero attached hydrogens (tertiary/aromatic N) is 2. The SMILES string of the molecule is Cc1noc(C)c1COc1ccc(CC(=O)NCc2ccc(C(=O)N3CCOCC3)cc2)cc1. The number of morpholine rings is 1. The molecule has 0 saturated carbocycles. The molecule has 3 aromatic rings. The van der Waals surface area contributed by atoms with Crippen molar-refractivity contribution in [2.24, 2.45) is 0 Å². The molecular weight excluding hydrogens is 434 g/mol. The fraction of sp³-hybridized carbons (Fsp3) is 0.346. The molecule has 1 fully saturated rings. The predicted molar refractivity (Wildman–Crippen MR) is 125 cm³/mol.